The lowest BCUT2D eigenvalue weighted by molar-refractivity contribution is 0.560. The monoisotopic (exact) mass is 135 g/mol. The first kappa shape index (κ1) is 7.59. The Labute approximate surface area is 63.6 Å². The van der Waals surface area contributed by atoms with Crippen molar-refractivity contribution in [2.75, 3.05) is 0 Å². The molecule has 0 aromatic carbocycles. The van der Waals surface area contributed by atoms with Crippen molar-refractivity contribution in [3.8, 4) is 0 Å². The highest BCUT2D eigenvalue weighted by Crippen LogP contribution is 2.34. The van der Waals surface area contributed by atoms with Crippen molar-refractivity contribution in [3.05, 3.63) is 24.3 Å². The molecule has 1 aliphatic carbocycles. The van der Waals surface area contributed by atoms with Gasteiger partial charge < -0.3 is 0 Å². The molecule has 55 valence electrons. The fourth-order valence-corrected chi connectivity index (χ4v) is 1.27. The van der Waals surface area contributed by atoms with Crippen molar-refractivity contribution in [2.24, 2.45) is 5.41 Å². The van der Waals surface area contributed by atoms with E-state index in [2.05, 4.69) is 26.5 Å². The van der Waals surface area contributed by atoms with Gasteiger partial charge in [0.1, 0.15) is 0 Å². The lowest BCUT2D eigenvalue weighted by Crippen LogP contribution is -2.08. The summed E-state index contributed by atoms with van der Waals surface area (Å²) in [6.45, 7) is 8.22. The van der Waals surface area contributed by atoms with Gasteiger partial charge in [0.05, 0.1) is 0 Å². The maximum atomic E-state index is 3.82. The summed E-state index contributed by atoms with van der Waals surface area (Å²) in [7, 11) is 0. The molecule has 0 aliphatic heterocycles. The van der Waals surface area contributed by atoms with Crippen LogP contribution in [-0.4, -0.2) is 0 Å². The van der Waals surface area contributed by atoms with Crippen LogP contribution in [0.3, 0.4) is 0 Å². The van der Waals surface area contributed by atoms with Crippen LogP contribution in [0.2, 0.25) is 0 Å². The van der Waals surface area contributed by atoms with Gasteiger partial charge in [0.15, 0.2) is 0 Å². The Bertz CT molecular complexity index is 161. The molecular weight excluding hydrogens is 120 g/mol. The Morgan fingerprint density at radius 3 is 2.70 bits per heavy atom. The molecule has 0 atom stereocenters. The molecule has 0 unspecified atom stereocenters. The first-order valence-electron chi connectivity index (χ1n) is 3.90. The topological polar surface area (TPSA) is 0 Å². The van der Waals surface area contributed by atoms with E-state index in [0.717, 1.165) is 6.42 Å². The van der Waals surface area contributed by atoms with Gasteiger partial charge in [-0.15, -0.1) is 6.58 Å². The highest BCUT2D eigenvalue weighted by molar-refractivity contribution is 5.18. The molecule has 0 aromatic rings. The molecule has 1 aliphatic rings. The second-order valence-corrected chi connectivity index (χ2v) is 3.43. The largest absolute Gasteiger partial charge is 0.102 e. The van der Waals surface area contributed by atoms with Gasteiger partial charge >= 0.3 is 0 Å². The minimum Gasteiger partial charge on any atom is -0.102 e. The molecule has 0 saturated heterocycles. The van der Waals surface area contributed by atoms with E-state index in [4.69, 9.17) is 0 Å². The van der Waals surface area contributed by atoms with Crippen LogP contribution in [0.5, 0.6) is 0 Å². The van der Waals surface area contributed by atoms with E-state index in [-0.39, 0.29) is 5.41 Å². The molecule has 0 nitrogen and oxygen atoms in total. The van der Waals surface area contributed by atoms with Gasteiger partial charge in [-0.1, -0.05) is 25.5 Å². The molecule has 0 bridgehead atoms. The predicted octanol–water partition coefficient (Wildman–Crippen LogP) is 3.11. The second kappa shape index (κ2) is 2.61. The molecule has 0 heterocycles. The van der Waals surface area contributed by atoms with Gasteiger partial charge in [-0.25, -0.2) is 0 Å². The summed E-state index contributed by atoms with van der Waals surface area (Å²) in [5, 5.41) is 0. The third-order valence-electron chi connectivity index (χ3n) is 2.23. The van der Waals surface area contributed by atoms with Crippen molar-refractivity contribution in [1.82, 2.24) is 0 Å². The smallest absolute Gasteiger partial charge is 0.00374 e. The van der Waals surface area contributed by atoms with Crippen LogP contribution in [-0.2, 0) is 0 Å². The molecule has 0 saturated carbocycles. The molecule has 0 heteroatoms. The predicted molar refractivity (Wildman–Crippen MR) is 44.6 cm³/mol. The van der Waals surface area contributed by atoms with E-state index in [0.29, 0.717) is 0 Å². The Morgan fingerprint density at radius 2 is 2.30 bits per heavy atom. The standard InChI is InChI=1S/C10H15/c1-4-10(2,3)9-7-5-6-8-9/h4H,1,5-7H2,2-3H3. The Hall–Kier alpha value is -0.520. The van der Waals surface area contributed by atoms with Crippen LogP contribution in [0, 0.1) is 11.5 Å². The highest BCUT2D eigenvalue weighted by atomic mass is 14.3. The van der Waals surface area contributed by atoms with Crippen LogP contribution < -0.4 is 0 Å². The van der Waals surface area contributed by atoms with E-state index < -0.39 is 0 Å². The first-order chi connectivity index (χ1) is 4.67. The van der Waals surface area contributed by atoms with E-state index in [9.17, 15) is 0 Å². The SMILES string of the molecule is C=CC(C)(C)C1=[C]CCC1. The van der Waals surface area contributed by atoms with E-state index in [1.807, 2.05) is 6.08 Å². The molecule has 10 heavy (non-hydrogen) atoms. The van der Waals surface area contributed by atoms with Crippen molar-refractivity contribution in [3.63, 3.8) is 0 Å². The maximum absolute atomic E-state index is 3.82. The number of allylic oxidation sites excluding steroid dienone is 3. The zero-order valence-corrected chi connectivity index (χ0v) is 6.91. The van der Waals surface area contributed by atoms with Gasteiger partial charge in [-0.2, -0.15) is 0 Å². The summed E-state index contributed by atoms with van der Waals surface area (Å²) in [5.74, 6) is 0. The molecule has 0 aromatic heterocycles. The van der Waals surface area contributed by atoms with E-state index in [1.165, 1.54) is 18.4 Å². The highest BCUT2D eigenvalue weighted by Gasteiger charge is 2.20. The van der Waals surface area contributed by atoms with Crippen molar-refractivity contribution in [2.45, 2.75) is 33.1 Å². The normalized spacial score (nSPS) is 18.8. The van der Waals surface area contributed by atoms with Gasteiger partial charge in [0.2, 0.25) is 0 Å². The van der Waals surface area contributed by atoms with Crippen LogP contribution in [0.1, 0.15) is 33.1 Å². The zero-order chi connectivity index (χ0) is 7.61. The summed E-state index contributed by atoms with van der Waals surface area (Å²) in [4.78, 5) is 0. The van der Waals surface area contributed by atoms with Gasteiger partial charge in [0.25, 0.3) is 0 Å². The van der Waals surface area contributed by atoms with Crippen LogP contribution in [0.15, 0.2) is 18.2 Å². The molecule has 0 amide bonds. The Balaban J connectivity index is 2.71. The molecule has 1 radical (unpaired) electrons. The maximum Gasteiger partial charge on any atom is 0.00374 e. The molecular formula is C10H15. The fourth-order valence-electron chi connectivity index (χ4n) is 1.27. The minimum atomic E-state index is 0.191. The van der Waals surface area contributed by atoms with Crippen LogP contribution in [0.25, 0.3) is 0 Å². The van der Waals surface area contributed by atoms with Crippen molar-refractivity contribution in [1.29, 1.82) is 0 Å². The summed E-state index contributed by atoms with van der Waals surface area (Å²) in [6, 6.07) is 0. The number of hydrogen-bond acceptors (Lipinski definition) is 0. The van der Waals surface area contributed by atoms with Gasteiger partial charge in [-0.3, -0.25) is 0 Å². The second-order valence-electron chi connectivity index (χ2n) is 3.43. The summed E-state index contributed by atoms with van der Waals surface area (Å²) in [6.07, 6.45) is 9.06. The van der Waals surface area contributed by atoms with Crippen LogP contribution in [0.4, 0.5) is 0 Å². The summed E-state index contributed by atoms with van der Waals surface area (Å²) < 4.78 is 0. The third-order valence-corrected chi connectivity index (χ3v) is 2.23. The Morgan fingerprint density at radius 1 is 1.60 bits per heavy atom. The first-order valence-corrected chi connectivity index (χ1v) is 3.90. The summed E-state index contributed by atoms with van der Waals surface area (Å²) in [5.41, 5.74) is 1.64. The van der Waals surface area contributed by atoms with Crippen LogP contribution >= 0.6 is 0 Å². The lowest BCUT2D eigenvalue weighted by atomic mass is 9.84. The summed E-state index contributed by atoms with van der Waals surface area (Å²) >= 11 is 0. The lowest BCUT2D eigenvalue weighted by Gasteiger charge is -2.20. The number of rotatable bonds is 2. The quantitative estimate of drug-likeness (QED) is 0.510. The van der Waals surface area contributed by atoms with Gasteiger partial charge in [-0.05, 0) is 25.3 Å². The molecule has 0 N–H and O–H groups in total. The van der Waals surface area contributed by atoms with E-state index in [1.54, 1.807) is 0 Å². The average Bonchev–Trinajstić information content (AvgIpc) is 2.38. The van der Waals surface area contributed by atoms with Crippen molar-refractivity contribution >= 4 is 0 Å². The zero-order valence-electron chi connectivity index (χ0n) is 6.91. The fraction of sp³-hybridized carbons (Fsp3) is 0.600. The third kappa shape index (κ3) is 1.31. The molecule has 0 spiro atoms. The van der Waals surface area contributed by atoms with Crippen molar-refractivity contribution < 1.29 is 0 Å². The number of hydrogen-bond donors (Lipinski definition) is 0. The Kier molecular flexibility index (Phi) is 1.98. The van der Waals surface area contributed by atoms with E-state index >= 15 is 0 Å². The molecule has 1 rings (SSSR count). The van der Waals surface area contributed by atoms with Gasteiger partial charge in [0, 0.05) is 5.41 Å². The minimum absolute atomic E-state index is 0.191. The molecule has 0 fully saturated rings. The average molecular weight is 135 g/mol.